The molecule has 1 saturated carbocycles. The Morgan fingerprint density at radius 3 is 2.95 bits per heavy atom. The van der Waals surface area contributed by atoms with Crippen LogP contribution in [0, 0.1) is 12.8 Å². The van der Waals surface area contributed by atoms with Gasteiger partial charge in [-0.1, -0.05) is 6.07 Å². The Balaban J connectivity index is 1.81. The average molecular weight is 273 g/mol. The third-order valence-corrected chi connectivity index (χ3v) is 3.69. The van der Waals surface area contributed by atoms with E-state index in [1.165, 1.54) is 12.8 Å². The van der Waals surface area contributed by atoms with E-state index in [0.717, 1.165) is 29.5 Å². The van der Waals surface area contributed by atoms with Crippen molar-refractivity contribution in [1.29, 1.82) is 0 Å². The van der Waals surface area contributed by atoms with Gasteiger partial charge in [-0.05, 0) is 53.8 Å². The molecule has 6 heteroatoms. The van der Waals surface area contributed by atoms with Gasteiger partial charge < -0.3 is 10.1 Å². The minimum absolute atomic E-state index is 0.379. The van der Waals surface area contributed by atoms with E-state index in [0.29, 0.717) is 6.04 Å². The quantitative estimate of drug-likeness (QED) is 0.869. The van der Waals surface area contributed by atoms with E-state index in [2.05, 4.69) is 39.0 Å². The number of nitrogens with one attached hydrogen (secondary N) is 1. The summed E-state index contributed by atoms with van der Waals surface area (Å²) in [6.07, 6.45) is 4.18. The summed E-state index contributed by atoms with van der Waals surface area (Å²) in [5.41, 5.74) is 3.21. The molecule has 0 spiro atoms. The van der Waals surface area contributed by atoms with Crippen LogP contribution in [0.25, 0.3) is 5.69 Å². The number of hydrogen-bond donors (Lipinski definition) is 1. The molecule has 1 atom stereocenters. The topological polar surface area (TPSA) is 64.9 Å². The number of rotatable bonds is 6. The maximum atomic E-state index is 5.30. The molecule has 1 aliphatic carbocycles. The standard InChI is InChI=1S/C14H19N5O/c1-10-3-6-12(7-14(10)19-9-15-17-18-19)16-13(8-20-2)11-4-5-11/h3,6-7,9,11,13,16H,4-5,8H2,1-2H3. The number of ether oxygens (including phenoxy) is 1. The number of nitrogens with zero attached hydrogens (tertiary/aromatic N) is 4. The molecule has 1 aromatic carbocycles. The Hall–Kier alpha value is -1.95. The molecule has 20 heavy (non-hydrogen) atoms. The van der Waals surface area contributed by atoms with Gasteiger partial charge in [-0.15, -0.1) is 5.10 Å². The lowest BCUT2D eigenvalue weighted by Crippen LogP contribution is -2.27. The molecular weight excluding hydrogens is 254 g/mol. The van der Waals surface area contributed by atoms with E-state index in [9.17, 15) is 0 Å². The lowest BCUT2D eigenvalue weighted by atomic mass is 10.1. The summed E-state index contributed by atoms with van der Waals surface area (Å²) in [5.74, 6) is 0.729. The van der Waals surface area contributed by atoms with E-state index in [1.54, 1.807) is 18.1 Å². The van der Waals surface area contributed by atoms with Crippen LogP contribution in [-0.2, 0) is 4.74 Å². The molecule has 1 heterocycles. The lowest BCUT2D eigenvalue weighted by Gasteiger charge is -2.19. The SMILES string of the molecule is COCC(Nc1ccc(C)c(-n2cnnn2)c1)C1CC1. The fourth-order valence-electron chi connectivity index (χ4n) is 2.41. The Labute approximate surface area is 118 Å². The molecule has 1 aromatic heterocycles. The maximum Gasteiger partial charge on any atom is 0.143 e. The zero-order valence-electron chi connectivity index (χ0n) is 11.8. The first-order chi connectivity index (χ1) is 9.78. The molecule has 1 N–H and O–H groups in total. The summed E-state index contributed by atoms with van der Waals surface area (Å²) in [4.78, 5) is 0. The van der Waals surface area contributed by atoms with Crippen LogP contribution in [0.1, 0.15) is 18.4 Å². The first kappa shape index (κ1) is 13.1. The van der Waals surface area contributed by atoms with Crippen LogP contribution in [0.5, 0.6) is 0 Å². The Bertz CT molecular complexity index is 565. The molecule has 0 saturated heterocycles. The van der Waals surface area contributed by atoms with Gasteiger partial charge >= 0.3 is 0 Å². The van der Waals surface area contributed by atoms with Crippen molar-refractivity contribution in [1.82, 2.24) is 20.2 Å². The Morgan fingerprint density at radius 1 is 1.45 bits per heavy atom. The van der Waals surface area contributed by atoms with Crippen molar-refractivity contribution < 1.29 is 4.74 Å². The monoisotopic (exact) mass is 273 g/mol. The molecule has 1 fully saturated rings. The number of hydrogen-bond acceptors (Lipinski definition) is 5. The first-order valence-corrected chi connectivity index (χ1v) is 6.87. The predicted molar refractivity (Wildman–Crippen MR) is 75.9 cm³/mol. The van der Waals surface area contributed by atoms with Crippen molar-refractivity contribution >= 4 is 5.69 Å². The van der Waals surface area contributed by atoms with Gasteiger partial charge in [0.05, 0.1) is 18.3 Å². The Kier molecular flexibility index (Phi) is 3.64. The zero-order valence-corrected chi connectivity index (χ0v) is 11.8. The van der Waals surface area contributed by atoms with Gasteiger partial charge in [0.1, 0.15) is 6.33 Å². The maximum absolute atomic E-state index is 5.30. The number of aryl methyl sites for hydroxylation is 1. The summed E-state index contributed by atoms with van der Waals surface area (Å²) in [7, 11) is 1.75. The highest BCUT2D eigenvalue weighted by molar-refractivity contribution is 5.55. The highest BCUT2D eigenvalue weighted by Gasteiger charge is 2.31. The van der Waals surface area contributed by atoms with E-state index in [-0.39, 0.29) is 0 Å². The first-order valence-electron chi connectivity index (χ1n) is 6.87. The summed E-state index contributed by atoms with van der Waals surface area (Å²) >= 11 is 0. The number of benzene rings is 1. The Morgan fingerprint density at radius 2 is 2.30 bits per heavy atom. The highest BCUT2D eigenvalue weighted by atomic mass is 16.5. The van der Waals surface area contributed by atoms with Crippen LogP contribution in [-0.4, -0.2) is 40.0 Å². The van der Waals surface area contributed by atoms with Gasteiger partial charge in [0, 0.05) is 12.8 Å². The van der Waals surface area contributed by atoms with Crippen LogP contribution in [0.15, 0.2) is 24.5 Å². The van der Waals surface area contributed by atoms with Crippen molar-refractivity contribution in [3.05, 3.63) is 30.1 Å². The van der Waals surface area contributed by atoms with Crippen LogP contribution >= 0.6 is 0 Å². The molecule has 106 valence electrons. The summed E-state index contributed by atoms with van der Waals surface area (Å²) in [6.45, 7) is 2.78. The smallest absolute Gasteiger partial charge is 0.143 e. The van der Waals surface area contributed by atoms with Gasteiger partial charge in [0.2, 0.25) is 0 Å². The van der Waals surface area contributed by atoms with E-state index >= 15 is 0 Å². The molecule has 2 aromatic rings. The molecule has 0 bridgehead atoms. The van der Waals surface area contributed by atoms with Gasteiger partial charge in [-0.25, -0.2) is 4.68 Å². The van der Waals surface area contributed by atoms with Crippen molar-refractivity contribution in [3.8, 4) is 5.69 Å². The average Bonchev–Trinajstić information content (AvgIpc) is 3.16. The zero-order chi connectivity index (χ0) is 13.9. The minimum Gasteiger partial charge on any atom is -0.383 e. The number of anilines is 1. The molecule has 1 unspecified atom stereocenters. The summed E-state index contributed by atoms with van der Waals surface area (Å²) in [6, 6.07) is 6.63. The van der Waals surface area contributed by atoms with Gasteiger partial charge in [0.15, 0.2) is 0 Å². The van der Waals surface area contributed by atoms with Gasteiger partial charge in [0.25, 0.3) is 0 Å². The minimum atomic E-state index is 0.379. The molecule has 0 aliphatic heterocycles. The largest absolute Gasteiger partial charge is 0.383 e. The second-order valence-electron chi connectivity index (χ2n) is 5.30. The van der Waals surface area contributed by atoms with Crippen LogP contribution in [0.4, 0.5) is 5.69 Å². The summed E-state index contributed by atoms with van der Waals surface area (Å²) < 4.78 is 6.99. The van der Waals surface area contributed by atoms with E-state index < -0.39 is 0 Å². The predicted octanol–water partition coefficient (Wildman–Crippen LogP) is 1.81. The third kappa shape index (κ3) is 2.80. The molecule has 0 radical (unpaired) electrons. The molecule has 3 rings (SSSR count). The second-order valence-corrected chi connectivity index (χ2v) is 5.30. The fourth-order valence-corrected chi connectivity index (χ4v) is 2.41. The van der Waals surface area contributed by atoms with E-state index in [4.69, 9.17) is 4.74 Å². The fraction of sp³-hybridized carbons (Fsp3) is 0.500. The number of tetrazole rings is 1. The third-order valence-electron chi connectivity index (χ3n) is 3.69. The second kappa shape index (κ2) is 5.58. The number of aromatic nitrogens is 4. The molecule has 0 amide bonds. The number of methoxy groups -OCH3 is 1. The molecular formula is C14H19N5O. The van der Waals surface area contributed by atoms with Crippen LogP contribution in [0.3, 0.4) is 0 Å². The molecule has 1 aliphatic rings. The van der Waals surface area contributed by atoms with Crippen molar-refractivity contribution in [2.45, 2.75) is 25.8 Å². The normalized spacial score (nSPS) is 16.1. The van der Waals surface area contributed by atoms with Crippen molar-refractivity contribution in [2.75, 3.05) is 19.0 Å². The van der Waals surface area contributed by atoms with Crippen LogP contribution in [0.2, 0.25) is 0 Å². The van der Waals surface area contributed by atoms with Crippen LogP contribution < -0.4 is 5.32 Å². The van der Waals surface area contributed by atoms with Gasteiger partial charge in [-0.2, -0.15) is 0 Å². The van der Waals surface area contributed by atoms with Crippen molar-refractivity contribution in [3.63, 3.8) is 0 Å². The molecule has 6 nitrogen and oxygen atoms in total. The van der Waals surface area contributed by atoms with Crippen molar-refractivity contribution in [2.24, 2.45) is 5.92 Å². The lowest BCUT2D eigenvalue weighted by molar-refractivity contribution is 0.179. The highest BCUT2D eigenvalue weighted by Crippen LogP contribution is 2.34. The van der Waals surface area contributed by atoms with Gasteiger partial charge in [-0.3, -0.25) is 0 Å². The summed E-state index contributed by atoms with van der Waals surface area (Å²) in [5, 5.41) is 14.9. The van der Waals surface area contributed by atoms with E-state index in [1.807, 2.05) is 6.92 Å².